The molecule has 3 rings (SSSR count). The molecule has 3 aromatic rings. The summed E-state index contributed by atoms with van der Waals surface area (Å²) in [4.78, 5) is 25.0. The lowest BCUT2D eigenvalue weighted by molar-refractivity contribution is -0.122. The topological polar surface area (TPSA) is 79.2 Å². The molecular formula is C23H18N2O3. The van der Waals surface area contributed by atoms with E-state index in [1.54, 1.807) is 79.7 Å². The number of hydrogen-bond donors (Lipinski definition) is 1. The van der Waals surface area contributed by atoms with Gasteiger partial charge in [0.2, 0.25) is 0 Å². The molecular weight excluding hydrogens is 352 g/mol. The average molecular weight is 370 g/mol. The highest BCUT2D eigenvalue weighted by molar-refractivity contribution is 6.09. The fourth-order valence-electron chi connectivity index (χ4n) is 2.63. The number of amides is 1. The van der Waals surface area contributed by atoms with E-state index in [1.165, 1.54) is 0 Å². The van der Waals surface area contributed by atoms with Crippen molar-refractivity contribution in [1.29, 1.82) is 5.26 Å². The highest BCUT2D eigenvalue weighted by atomic mass is 16.5. The molecule has 0 aliphatic carbocycles. The minimum Gasteiger partial charge on any atom is -0.481 e. The zero-order valence-electron chi connectivity index (χ0n) is 15.3. The van der Waals surface area contributed by atoms with E-state index in [4.69, 9.17) is 10.00 Å². The maximum atomic E-state index is 12.6. The first kappa shape index (κ1) is 18.9. The van der Waals surface area contributed by atoms with Crippen LogP contribution in [0.25, 0.3) is 0 Å². The van der Waals surface area contributed by atoms with Crippen LogP contribution < -0.4 is 10.1 Å². The minimum atomic E-state index is -0.776. The maximum Gasteiger partial charge on any atom is 0.265 e. The Morgan fingerprint density at radius 1 is 0.929 bits per heavy atom. The predicted molar refractivity (Wildman–Crippen MR) is 106 cm³/mol. The van der Waals surface area contributed by atoms with Gasteiger partial charge in [-0.15, -0.1) is 0 Å². The third-order valence-electron chi connectivity index (χ3n) is 4.07. The molecule has 0 aliphatic rings. The number of benzene rings is 3. The molecule has 28 heavy (non-hydrogen) atoms. The van der Waals surface area contributed by atoms with Crippen molar-refractivity contribution in [2.75, 3.05) is 5.32 Å². The molecule has 0 bridgehead atoms. The summed E-state index contributed by atoms with van der Waals surface area (Å²) < 4.78 is 5.61. The number of ether oxygens (including phenoxy) is 1. The summed E-state index contributed by atoms with van der Waals surface area (Å²) in [7, 11) is 0. The lowest BCUT2D eigenvalue weighted by Gasteiger charge is -2.15. The molecule has 0 saturated carbocycles. The SMILES string of the molecule is CC(Oc1cccc(C#N)c1)C(=O)Nc1cccc(C(=O)c2ccccc2)c1. The van der Waals surface area contributed by atoms with Crippen LogP contribution in [0, 0.1) is 11.3 Å². The maximum absolute atomic E-state index is 12.6. The number of carbonyl (C=O) groups is 2. The molecule has 0 spiro atoms. The molecule has 0 saturated heterocycles. The van der Waals surface area contributed by atoms with E-state index in [9.17, 15) is 9.59 Å². The van der Waals surface area contributed by atoms with Gasteiger partial charge in [-0.05, 0) is 37.3 Å². The van der Waals surface area contributed by atoms with Gasteiger partial charge in [0.05, 0.1) is 11.6 Å². The van der Waals surface area contributed by atoms with Crippen molar-refractivity contribution < 1.29 is 14.3 Å². The molecule has 138 valence electrons. The van der Waals surface area contributed by atoms with Crippen molar-refractivity contribution in [3.63, 3.8) is 0 Å². The molecule has 0 radical (unpaired) electrons. The number of rotatable bonds is 6. The Kier molecular flexibility index (Phi) is 5.83. The minimum absolute atomic E-state index is 0.116. The number of nitrogens with zero attached hydrogens (tertiary/aromatic N) is 1. The normalized spacial score (nSPS) is 11.1. The Bertz CT molecular complexity index is 1040. The van der Waals surface area contributed by atoms with E-state index >= 15 is 0 Å². The largest absolute Gasteiger partial charge is 0.481 e. The number of ketones is 1. The van der Waals surface area contributed by atoms with Crippen LogP contribution in [0.2, 0.25) is 0 Å². The summed E-state index contributed by atoms with van der Waals surface area (Å²) in [5.74, 6) is -0.0318. The van der Waals surface area contributed by atoms with Gasteiger partial charge in [0, 0.05) is 16.8 Å². The van der Waals surface area contributed by atoms with Gasteiger partial charge in [-0.2, -0.15) is 5.26 Å². The van der Waals surface area contributed by atoms with Gasteiger partial charge in [0.1, 0.15) is 5.75 Å². The molecule has 5 heteroatoms. The van der Waals surface area contributed by atoms with Gasteiger partial charge in [0.25, 0.3) is 5.91 Å². The average Bonchev–Trinajstić information content (AvgIpc) is 2.74. The number of nitriles is 1. The van der Waals surface area contributed by atoms with Crippen molar-refractivity contribution in [2.24, 2.45) is 0 Å². The third kappa shape index (κ3) is 4.63. The third-order valence-corrected chi connectivity index (χ3v) is 4.07. The molecule has 1 unspecified atom stereocenters. The molecule has 0 fully saturated rings. The van der Waals surface area contributed by atoms with Crippen LogP contribution >= 0.6 is 0 Å². The summed E-state index contributed by atoms with van der Waals surface area (Å²) >= 11 is 0. The predicted octanol–water partition coefficient (Wildman–Crippen LogP) is 4.20. The van der Waals surface area contributed by atoms with Gasteiger partial charge >= 0.3 is 0 Å². The van der Waals surface area contributed by atoms with Gasteiger partial charge < -0.3 is 10.1 Å². The van der Waals surface area contributed by atoms with Crippen LogP contribution in [0.5, 0.6) is 5.75 Å². The lowest BCUT2D eigenvalue weighted by Crippen LogP contribution is -2.30. The van der Waals surface area contributed by atoms with Gasteiger partial charge in [-0.3, -0.25) is 9.59 Å². The van der Waals surface area contributed by atoms with Gasteiger partial charge in [-0.1, -0.05) is 48.5 Å². The summed E-state index contributed by atoms with van der Waals surface area (Å²) in [5, 5.41) is 11.7. The fraction of sp³-hybridized carbons (Fsp3) is 0.0870. The van der Waals surface area contributed by atoms with Crippen molar-refractivity contribution in [1.82, 2.24) is 0 Å². The Morgan fingerprint density at radius 2 is 1.64 bits per heavy atom. The van der Waals surface area contributed by atoms with Gasteiger partial charge in [-0.25, -0.2) is 0 Å². The quantitative estimate of drug-likeness (QED) is 0.660. The van der Waals surface area contributed by atoms with Gasteiger partial charge in [0.15, 0.2) is 11.9 Å². The summed E-state index contributed by atoms with van der Waals surface area (Å²) in [6.45, 7) is 1.62. The van der Waals surface area contributed by atoms with E-state index in [1.807, 2.05) is 12.1 Å². The Hall–Kier alpha value is -3.91. The van der Waals surface area contributed by atoms with Crippen molar-refractivity contribution in [3.05, 3.63) is 95.6 Å². The number of anilines is 1. The van der Waals surface area contributed by atoms with E-state index in [0.29, 0.717) is 28.1 Å². The second kappa shape index (κ2) is 8.65. The van der Waals surface area contributed by atoms with Crippen LogP contribution in [-0.2, 0) is 4.79 Å². The molecule has 3 aromatic carbocycles. The second-order valence-electron chi connectivity index (χ2n) is 6.16. The molecule has 1 amide bonds. The first-order chi connectivity index (χ1) is 13.6. The van der Waals surface area contributed by atoms with E-state index in [-0.39, 0.29) is 11.7 Å². The van der Waals surface area contributed by atoms with Crippen LogP contribution in [0.3, 0.4) is 0 Å². The summed E-state index contributed by atoms with van der Waals surface area (Å²) in [6, 6.07) is 24.4. The van der Waals surface area contributed by atoms with Crippen LogP contribution in [0.15, 0.2) is 78.9 Å². The zero-order valence-corrected chi connectivity index (χ0v) is 15.3. The Morgan fingerprint density at radius 3 is 2.39 bits per heavy atom. The second-order valence-corrected chi connectivity index (χ2v) is 6.16. The lowest BCUT2D eigenvalue weighted by atomic mass is 10.0. The smallest absolute Gasteiger partial charge is 0.265 e. The molecule has 5 nitrogen and oxygen atoms in total. The highest BCUT2D eigenvalue weighted by Crippen LogP contribution is 2.17. The van der Waals surface area contributed by atoms with Crippen LogP contribution in [0.1, 0.15) is 28.4 Å². The van der Waals surface area contributed by atoms with Crippen LogP contribution in [0.4, 0.5) is 5.69 Å². The number of nitrogens with one attached hydrogen (secondary N) is 1. The van der Waals surface area contributed by atoms with Crippen molar-refractivity contribution in [2.45, 2.75) is 13.0 Å². The summed E-state index contributed by atoms with van der Waals surface area (Å²) in [5.41, 5.74) is 2.03. The standard InChI is InChI=1S/C23H18N2O3/c1-16(28-21-12-5-7-17(13-21)15-24)23(27)25-20-11-6-10-19(14-20)22(26)18-8-3-2-4-9-18/h2-14,16H,1H3,(H,25,27). The fourth-order valence-corrected chi connectivity index (χ4v) is 2.63. The highest BCUT2D eigenvalue weighted by Gasteiger charge is 2.16. The van der Waals surface area contributed by atoms with E-state index < -0.39 is 6.10 Å². The molecule has 1 N–H and O–H groups in total. The van der Waals surface area contributed by atoms with E-state index in [2.05, 4.69) is 5.32 Å². The Balaban J connectivity index is 1.68. The first-order valence-corrected chi connectivity index (χ1v) is 8.74. The number of carbonyl (C=O) groups excluding carboxylic acids is 2. The number of hydrogen-bond acceptors (Lipinski definition) is 4. The summed E-state index contributed by atoms with van der Waals surface area (Å²) in [6.07, 6.45) is -0.776. The van der Waals surface area contributed by atoms with Crippen molar-refractivity contribution >= 4 is 17.4 Å². The zero-order chi connectivity index (χ0) is 19.9. The molecule has 1 atom stereocenters. The molecule has 0 aliphatic heterocycles. The van der Waals surface area contributed by atoms with E-state index in [0.717, 1.165) is 0 Å². The molecule has 0 aromatic heterocycles. The first-order valence-electron chi connectivity index (χ1n) is 8.74. The Labute approximate surface area is 163 Å². The monoisotopic (exact) mass is 370 g/mol. The van der Waals surface area contributed by atoms with Crippen LogP contribution in [-0.4, -0.2) is 17.8 Å². The van der Waals surface area contributed by atoms with Crippen molar-refractivity contribution in [3.8, 4) is 11.8 Å². The molecule has 0 heterocycles.